The molecule has 0 saturated heterocycles. The molecule has 1 saturated carbocycles. The molecule has 1 aliphatic rings. The molecule has 0 aliphatic heterocycles. The number of hydrogen-bond acceptors (Lipinski definition) is 6. The Hall–Kier alpha value is -0.240. The van der Waals surface area contributed by atoms with Gasteiger partial charge in [0.25, 0.3) is 0 Å². The number of nitrogens with two attached hydrogens (primary N) is 1. The first-order chi connectivity index (χ1) is 5.45. The normalized spacial score (nSPS) is 54.5. The molecule has 6 nitrogen and oxygen atoms in total. The molecule has 0 aromatic heterocycles. The number of aliphatic hydroxyl groups excluding tert-OH is 4. The highest BCUT2D eigenvalue weighted by molar-refractivity contribution is 5.11. The summed E-state index contributed by atoms with van der Waals surface area (Å²) < 4.78 is 0. The first-order valence-corrected chi connectivity index (χ1v) is 3.58. The Bertz CT molecular complexity index is 161. The van der Waals surface area contributed by atoms with Crippen molar-refractivity contribution in [2.75, 3.05) is 6.61 Å². The first-order valence-electron chi connectivity index (χ1n) is 3.58. The van der Waals surface area contributed by atoms with Gasteiger partial charge in [0.1, 0.15) is 23.9 Å². The lowest BCUT2D eigenvalue weighted by molar-refractivity contribution is -0.116. The van der Waals surface area contributed by atoms with Crippen LogP contribution in [0.15, 0.2) is 0 Å². The minimum absolute atomic E-state index is 0.802. The standard InChI is InChI=1S/C6H13NO5/c7-4-2(9)3(10)5(11)6(4,12)1-8/h2-5,8-12H,1,7H2/t2-,3-,4-,5-,6+/m1/s1. The molecule has 5 atom stereocenters. The lowest BCUT2D eigenvalue weighted by Crippen LogP contribution is -2.55. The fourth-order valence-electron chi connectivity index (χ4n) is 1.39. The third kappa shape index (κ3) is 1.05. The topological polar surface area (TPSA) is 127 Å². The lowest BCUT2D eigenvalue weighted by atomic mass is 9.97. The van der Waals surface area contributed by atoms with E-state index in [1.165, 1.54) is 0 Å². The summed E-state index contributed by atoms with van der Waals surface area (Å²) in [5.74, 6) is 0. The molecule has 0 spiro atoms. The van der Waals surface area contributed by atoms with Crippen molar-refractivity contribution in [3.63, 3.8) is 0 Å². The second kappa shape index (κ2) is 2.91. The Kier molecular flexibility index (Phi) is 2.39. The zero-order valence-corrected chi connectivity index (χ0v) is 6.33. The van der Waals surface area contributed by atoms with Crippen molar-refractivity contribution >= 4 is 0 Å². The van der Waals surface area contributed by atoms with Crippen molar-refractivity contribution in [1.82, 2.24) is 0 Å². The SMILES string of the molecule is N[C@@H]1[C@H](O)[C@@H](O)[C@@H](O)[C@]1(O)CO. The van der Waals surface area contributed by atoms with E-state index < -0.39 is 36.6 Å². The summed E-state index contributed by atoms with van der Waals surface area (Å²) in [5.41, 5.74) is 3.25. The highest BCUT2D eigenvalue weighted by atomic mass is 16.4. The van der Waals surface area contributed by atoms with Crippen LogP contribution in [-0.2, 0) is 0 Å². The quantitative estimate of drug-likeness (QED) is 0.244. The molecular formula is C6H13NO5. The molecule has 0 aromatic carbocycles. The summed E-state index contributed by atoms with van der Waals surface area (Å²) in [6.07, 6.45) is -4.55. The predicted molar refractivity (Wildman–Crippen MR) is 38.0 cm³/mol. The van der Waals surface area contributed by atoms with Crippen molar-refractivity contribution < 1.29 is 25.5 Å². The molecule has 0 radical (unpaired) electrons. The van der Waals surface area contributed by atoms with Gasteiger partial charge < -0.3 is 31.3 Å². The van der Waals surface area contributed by atoms with Gasteiger partial charge in [-0.1, -0.05) is 0 Å². The minimum atomic E-state index is -2.02. The molecule has 7 N–H and O–H groups in total. The summed E-state index contributed by atoms with van der Waals surface area (Å²) in [6, 6.07) is -1.24. The van der Waals surface area contributed by atoms with E-state index in [2.05, 4.69) is 0 Å². The Morgan fingerprint density at radius 2 is 1.67 bits per heavy atom. The van der Waals surface area contributed by atoms with Crippen molar-refractivity contribution in [1.29, 1.82) is 0 Å². The molecule has 1 fully saturated rings. The van der Waals surface area contributed by atoms with Crippen molar-refractivity contribution in [2.24, 2.45) is 5.73 Å². The van der Waals surface area contributed by atoms with E-state index in [0.717, 1.165) is 0 Å². The Labute approximate surface area is 68.9 Å². The van der Waals surface area contributed by atoms with Gasteiger partial charge in [-0.05, 0) is 0 Å². The molecule has 72 valence electrons. The van der Waals surface area contributed by atoms with E-state index in [9.17, 15) is 5.11 Å². The van der Waals surface area contributed by atoms with Crippen LogP contribution in [0.2, 0.25) is 0 Å². The second-order valence-electron chi connectivity index (χ2n) is 3.10. The maximum atomic E-state index is 9.43. The van der Waals surface area contributed by atoms with Crippen molar-refractivity contribution in [3.05, 3.63) is 0 Å². The maximum absolute atomic E-state index is 9.43. The second-order valence-corrected chi connectivity index (χ2v) is 3.10. The van der Waals surface area contributed by atoms with Gasteiger partial charge in [-0.15, -0.1) is 0 Å². The van der Waals surface area contributed by atoms with Crippen LogP contribution in [-0.4, -0.2) is 62.1 Å². The molecule has 0 amide bonds. The Morgan fingerprint density at radius 1 is 1.17 bits per heavy atom. The van der Waals surface area contributed by atoms with Gasteiger partial charge in [0.15, 0.2) is 0 Å². The van der Waals surface area contributed by atoms with E-state index in [1.807, 2.05) is 0 Å². The lowest BCUT2D eigenvalue weighted by Gasteiger charge is -2.28. The van der Waals surface area contributed by atoms with Crippen LogP contribution in [0.4, 0.5) is 0 Å². The summed E-state index contributed by atoms with van der Waals surface area (Å²) in [4.78, 5) is 0. The third-order valence-electron chi connectivity index (χ3n) is 2.38. The molecule has 6 heteroatoms. The average molecular weight is 179 g/mol. The highest BCUT2D eigenvalue weighted by Gasteiger charge is 2.57. The molecule has 12 heavy (non-hydrogen) atoms. The van der Waals surface area contributed by atoms with E-state index in [1.54, 1.807) is 0 Å². The van der Waals surface area contributed by atoms with Crippen LogP contribution in [0.25, 0.3) is 0 Å². The van der Waals surface area contributed by atoms with Crippen LogP contribution < -0.4 is 5.73 Å². The predicted octanol–water partition coefficient (Wildman–Crippen LogP) is -3.87. The summed E-state index contributed by atoms with van der Waals surface area (Å²) in [7, 11) is 0. The van der Waals surface area contributed by atoms with Crippen LogP contribution in [0.1, 0.15) is 0 Å². The summed E-state index contributed by atoms with van der Waals surface area (Å²) in [5, 5.41) is 45.4. The first kappa shape index (κ1) is 9.85. The molecule has 1 aliphatic carbocycles. The number of aliphatic hydroxyl groups is 5. The number of rotatable bonds is 1. The van der Waals surface area contributed by atoms with Crippen LogP contribution in [0.5, 0.6) is 0 Å². The molecule has 0 aromatic rings. The third-order valence-corrected chi connectivity index (χ3v) is 2.38. The van der Waals surface area contributed by atoms with Crippen molar-refractivity contribution in [3.8, 4) is 0 Å². The Morgan fingerprint density at radius 3 is 1.83 bits per heavy atom. The van der Waals surface area contributed by atoms with Crippen LogP contribution in [0.3, 0.4) is 0 Å². The molecule has 0 heterocycles. The molecule has 1 rings (SSSR count). The maximum Gasteiger partial charge on any atom is 0.134 e. The fourth-order valence-corrected chi connectivity index (χ4v) is 1.39. The largest absolute Gasteiger partial charge is 0.393 e. The minimum Gasteiger partial charge on any atom is -0.393 e. The fraction of sp³-hybridized carbons (Fsp3) is 1.00. The smallest absolute Gasteiger partial charge is 0.134 e. The van der Waals surface area contributed by atoms with E-state index in [0.29, 0.717) is 0 Å². The van der Waals surface area contributed by atoms with Gasteiger partial charge in [0.05, 0.1) is 12.6 Å². The van der Waals surface area contributed by atoms with Gasteiger partial charge in [0.2, 0.25) is 0 Å². The van der Waals surface area contributed by atoms with Gasteiger partial charge >= 0.3 is 0 Å². The van der Waals surface area contributed by atoms with E-state index in [4.69, 9.17) is 26.2 Å². The molecule has 0 bridgehead atoms. The monoisotopic (exact) mass is 179 g/mol. The molecular weight excluding hydrogens is 166 g/mol. The van der Waals surface area contributed by atoms with Gasteiger partial charge in [-0.3, -0.25) is 0 Å². The number of hydrogen-bond donors (Lipinski definition) is 6. The van der Waals surface area contributed by atoms with Crippen LogP contribution in [0, 0.1) is 0 Å². The molecule has 0 unspecified atom stereocenters. The Balaban J connectivity index is 2.90. The highest BCUT2D eigenvalue weighted by Crippen LogP contribution is 2.29. The van der Waals surface area contributed by atoms with E-state index in [-0.39, 0.29) is 0 Å². The van der Waals surface area contributed by atoms with Crippen molar-refractivity contribution in [2.45, 2.75) is 30.0 Å². The van der Waals surface area contributed by atoms with E-state index >= 15 is 0 Å². The summed E-state index contributed by atoms with van der Waals surface area (Å²) in [6.45, 7) is -0.802. The van der Waals surface area contributed by atoms with Gasteiger partial charge in [0, 0.05) is 0 Å². The van der Waals surface area contributed by atoms with Gasteiger partial charge in [-0.25, -0.2) is 0 Å². The van der Waals surface area contributed by atoms with Crippen LogP contribution >= 0.6 is 0 Å². The summed E-state index contributed by atoms with van der Waals surface area (Å²) >= 11 is 0. The average Bonchev–Trinajstić information content (AvgIpc) is 2.22. The zero-order chi connectivity index (χ0) is 9.52. The van der Waals surface area contributed by atoms with Gasteiger partial charge in [-0.2, -0.15) is 0 Å². The zero-order valence-electron chi connectivity index (χ0n) is 6.33.